The lowest BCUT2D eigenvalue weighted by molar-refractivity contribution is -0.0160. The van der Waals surface area contributed by atoms with Gasteiger partial charge in [0.1, 0.15) is 43.2 Å². The predicted octanol–water partition coefficient (Wildman–Crippen LogP) is 7.04. The Balaban J connectivity index is 0.703. The molecule has 0 radical (unpaired) electrons. The zero-order valence-electron chi connectivity index (χ0n) is 39.3. The summed E-state index contributed by atoms with van der Waals surface area (Å²) in [5.74, 6) is 6.66. The van der Waals surface area contributed by atoms with Gasteiger partial charge in [0, 0.05) is 41.1 Å². The molecular weight excluding hydrogens is 966 g/mol. The number of carbonyl (C=O) groups is 3. The van der Waals surface area contributed by atoms with Crippen molar-refractivity contribution in [3.05, 3.63) is 77.7 Å². The number of nitrogens with two attached hydrogens (primary N) is 1. The Kier molecular flexibility index (Phi) is 22.1. The van der Waals surface area contributed by atoms with Crippen molar-refractivity contribution in [2.45, 2.75) is 68.9 Å². The highest BCUT2D eigenvalue weighted by Gasteiger charge is 2.32. The molecule has 2 aromatic carbocycles. The van der Waals surface area contributed by atoms with E-state index >= 15 is 0 Å². The lowest BCUT2D eigenvalue weighted by atomic mass is 9.98. The van der Waals surface area contributed by atoms with Crippen molar-refractivity contribution in [3.8, 4) is 23.0 Å². The second-order valence-electron chi connectivity index (χ2n) is 16.5. The SMILES string of the molecule is CC(C)(CCOC(=O)NCCOCCOCCNC(=O)OCC1c2ccccc2-c2ccccc21)SSCOCCCCOC(=O)NCC#Cc1cn([C@H]2CC[C@@H](CO[P+](=O)O)O2)c2ncnc(N)c12. The Morgan fingerprint density at radius 2 is 1.50 bits per heavy atom. The second kappa shape index (κ2) is 28.6. The number of nitrogens with zero attached hydrogens (tertiary/aromatic N) is 3. The van der Waals surface area contributed by atoms with Crippen molar-refractivity contribution in [1.29, 1.82) is 0 Å². The van der Waals surface area contributed by atoms with Gasteiger partial charge in [-0.2, -0.15) is 0 Å². The topological polar surface area (TPSA) is 255 Å². The first-order valence-electron chi connectivity index (χ1n) is 23.0. The van der Waals surface area contributed by atoms with Crippen molar-refractivity contribution >= 4 is 65.0 Å². The van der Waals surface area contributed by atoms with Gasteiger partial charge < -0.3 is 59.4 Å². The molecule has 20 nitrogen and oxygen atoms in total. The minimum absolute atomic E-state index is 0.000589. The molecule has 4 aromatic rings. The molecule has 0 saturated carbocycles. The Bertz CT molecular complexity index is 2370. The molecule has 2 aliphatic rings. The number of ether oxygens (including phenoxy) is 7. The molecule has 378 valence electrons. The van der Waals surface area contributed by atoms with Gasteiger partial charge in [-0.25, -0.2) is 24.4 Å². The first kappa shape index (κ1) is 54.1. The minimum Gasteiger partial charge on any atom is -0.450 e. The number of hydrogen-bond acceptors (Lipinski definition) is 17. The van der Waals surface area contributed by atoms with E-state index in [0.717, 1.165) is 11.1 Å². The summed E-state index contributed by atoms with van der Waals surface area (Å²) in [5, 5.41) is 8.58. The second-order valence-corrected chi connectivity index (χ2v) is 20.2. The number of unbranched alkanes of at least 4 members (excludes halogenated alkanes) is 1. The van der Waals surface area contributed by atoms with Gasteiger partial charge >= 0.3 is 26.5 Å². The number of alkyl carbamates (subject to hydrolysis) is 3. The fourth-order valence-corrected chi connectivity index (χ4v) is 10.1. The van der Waals surface area contributed by atoms with E-state index < -0.39 is 32.8 Å². The number of aromatic nitrogens is 3. The van der Waals surface area contributed by atoms with Gasteiger partial charge in [-0.05, 0) is 68.2 Å². The lowest BCUT2D eigenvalue weighted by Gasteiger charge is -2.22. The van der Waals surface area contributed by atoms with E-state index in [-0.39, 0.29) is 55.6 Å². The van der Waals surface area contributed by atoms with E-state index in [2.05, 4.69) is 75.9 Å². The average molecular weight is 1030 g/mol. The molecule has 1 saturated heterocycles. The fraction of sp³-hybridized carbons (Fsp3) is 0.511. The van der Waals surface area contributed by atoms with E-state index in [4.69, 9.17) is 48.3 Å². The molecule has 1 unspecified atom stereocenters. The largest absolute Gasteiger partial charge is 0.694 e. The Hall–Kier alpha value is -5.21. The van der Waals surface area contributed by atoms with Crippen LogP contribution in [-0.2, 0) is 42.2 Å². The molecule has 23 heteroatoms. The number of amides is 3. The maximum atomic E-state index is 12.3. The standard InChI is InChI=1S/C47H60N7O13PS2/c1-47(2,17-23-64-45(56)50-19-24-60-26-27-61-25-20-51-46(57)65-30-39-37-13-5-3-11-35(37)36-12-4-6-14-38(36)39)70-69-32-62-21-7-8-22-63-44(55)49-18-9-10-33-28-54(43-41(33)42(48)52-31-53-43)40-16-15-34(67-40)29-66-68(58)59/h3-6,11-14,28,31,34,39-40H,7-8,15-27,29-30,32H2,1-2H3,(H5-,48,49,50,51,52,53,55,56,57,58,59)/p+1/t34-,40+/m0/s1. The van der Waals surface area contributed by atoms with E-state index in [1.807, 2.05) is 28.8 Å². The number of hydrogen-bond donors (Lipinski definition) is 5. The van der Waals surface area contributed by atoms with Crippen molar-refractivity contribution in [2.24, 2.45) is 0 Å². The molecule has 3 atom stereocenters. The third-order valence-corrected chi connectivity index (χ3v) is 14.4. The van der Waals surface area contributed by atoms with Gasteiger partial charge in [-0.15, -0.1) is 9.42 Å². The van der Waals surface area contributed by atoms with Crippen LogP contribution in [0.3, 0.4) is 0 Å². The summed E-state index contributed by atoms with van der Waals surface area (Å²) in [4.78, 5) is 54.1. The molecule has 1 aliphatic carbocycles. The third-order valence-electron chi connectivity index (χ3n) is 11.0. The molecule has 3 heterocycles. The van der Waals surface area contributed by atoms with Crippen LogP contribution in [0.25, 0.3) is 22.2 Å². The van der Waals surface area contributed by atoms with Crippen LogP contribution in [0.2, 0.25) is 0 Å². The normalized spacial score (nSPS) is 15.4. The van der Waals surface area contributed by atoms with E-state index in [1.54, 1.807) is 27.8 Å². The predicted molar refractivity (Wildman–Crippen MR) is 265 cm³/mol. The van der Waals surface area contributed by atoms with Crippen LogP contribution in [0.4, 0.5) is 20.2 Å². The molecule has 70 heavy (non-hydrogen) atoms. The summed E-state index contributed by atoms with van der Waals surface area (Å²) in [6.45, 7) is 7.32. The summed E-state index contributed by atoms with van der Waals surface area (Å²) < 4.78 is 56.3. The van der Waals surface area contributed by atoms with E-state index in [1.165, 1.54) is 17.5 Å². The number of anilines is 1. The van der Waals surface area contributed by atoms with Crippen LogP contribution in [-0.4, -0.2) is 134 Å². The smallest absolute Gasteiger partial charge is 0.450 e. The number of nitrogens with one attached hydrogen (secondary N) is 3. The van der Waals surface area contributed by atoms with Crippen LogP contribution >= 0.6 is 29.8 Å². The summed E-state index contributed by atoms with van der Waals surface area (Å²) in [6, 6.07) is 16.4. The van der Waals surface area contributed by atoms with Crippen LogP contribution in [0.15, 0.2) is 61.1 Å². The van der Waals surface area contributed by atoms with Crippen molar-refractivity contribution in [1.82, 2.24) is 30.5 Å². The quantitative estimate of drug-likeness (QED) is 0.00955. The van der Waals surface area contributed by atoms with Crippen LogP contribution in [0.1, 0.15) is 74.8 Å². The zero-order chi connectivity index (χ0) is 49.6. The van der Waals surface area contributed by atoms with Gasteiger partial charge in [0.05, 0.1) is 63.2 Å². The molecule has 6 N–H and O–H groups in total. The highest BCUT2D eigenvalue weighted by molar-refractivity contribution is 8.77. The number of benzene rings is 2. The van der Waals surface area contributed by atoms with Gasteiger partial charge in [-0.3, -0.25) is 0 Å². The van der Waals surface area contributed by atoms with Gasteiger partial charge in [0.25, 0.3) is 0 Å². The maximum absolute atomic E-state index is 12.3. The monoisotopic (exact) mass is 1030 g/mol. The summed E-state index contributed by atoms with van der Waals surface area (Å²) in [6.07, 6.45) is 4.05. The van der Waals surface area contributed by atoms with Gasteiger partial charge in [0.2, 0.25) is 0 Å². The summed E-state index contributed by atoms with van der Waals surface area (Å²) in [7, 11) is 0.522. The summed E-state index contributed by atoms with van der Waals surface area (Å²) >= 11 is 0. The Labute approximate surface area is 415 Å². The fourth-order valence-electron chi connectivity index (χ4n) is 7.54. The van der Waals surface area contributed by atoms with Crippen molar-refractivity contribution in [3.63, 3.8) is 0 Å². The van der Waals surface area contributed by atoms with Gasteiger partial charge in [-0.1, -0.05) is 82.0 Å². The van der Waals surface area contributed by atoms with E-state index in [9.17, 15) is 18.9 Å². The number of fused-ring (bicyclic) bond motifs is 4. The molecule has 2 aromatic heterocycles. The zero-order valence-corrected chi connectivity index (χ0v) is 41.8. The summed E-state index contributed by atoms with van der Waals surface area (Å²) in [5.41, 5.74) is 11.9. The molecular formula is C47H61N7O13PS2+. The minimum atomic E-state index is -2.71. The van der Waals surface area contributed by atoms with Crippen molar-refractivity contribution in [2.75, 3.05) is 90.8 Å². The molecule has 1 aliphatic heterocycles. The van der Waals surface area contributed by atoms with Crippen LogP contribution in [0.5, 0.6) is 0 Å². The highest BCUT2D eigenvalue weighted by atomic mass is 33.1. The first-order valence-corrected chi connectivity index (χ1v) is 26.4. The third kappa shape index (κ3) is 17.3. The molecule has 0 bridgehead atoms. The molecule has 3 amide bonds. The van der Waals surface area contributed by atoms with Crippen molar-refractivity contribution < 1.29 is 61.5 Å². The Morgan fingerprint density at radius 3 is 2.21 bits per heavy atom. The Morgan fingerprint density at radius 1 is 0.843 bits per heavy atom. The lowest BCUT2D eigenvalue weighted by Crippen LogP contribution is -2.30. The maximum Gasteiger partial charge on any atom is 0.694 e. The van der Waals surface area contributed by atoms with E-state index in [0.29, 0.717) is 101 Å². The molecule has 1 fully saturated rings. The first-order chi connectivity index (χ1) is 34.0. The number of carbonyl (C=O) groups excluding carboxylic acids is 3. The highest BCUT2D eigenvalue weighted by Crippen LogP contribution is 2.44. The molecule has 6 rings (SSSR count). The van der Waals surface area contributed by atoms with Crippen LogP contribution in [0, 0.1) is 11.8 Å². The number of rotatable bonds is 28. The molecule has 0 spiro atoms. The number of nitrogen functional groups attached to an aromatic ring is 1. The van der Waals surface area contributed by atoms with Gasteiger partial charge in [0.15, 0.2) is 0 Å². The van der Waals surface area contributed by atoms with Crippen LogP contribution < -0.4 is 21.7 Å². The average Bonchev–Trinajstić information content (AvgIpc) is 4.06.